The lowest BCUT2D eigenvalue weighted by Crippen LogP contribution is -2.20. The molecule has 1 N–H and O–H groups in total. The highest BCUT2D eigenvalue weighted by Crippen LogP contribution is 2.22. The van der Waals surface area contributed by atoms with Gasteiger partial charge in [0.1, 0.15) is 18.7 Å². The largest absolute Gasteiger partial charge is 0.491 e. The summed E-state index contributed by atoms with van der Waals surface area (Å²) in [5, 5.41) is 16.3. The van der Waals surface area contributed by atoms with Crippen molar-refractivity contribution in [3.63, 3.8) is 0 Å². The number of hydrogen-bond acceptors (Lipinski definition) is 6. The first-order valence-corrected chi connectivity index (χ1v) is 10.2. The van der Waals surface area contributed by atoms with Crippen LogP contribution >= 0.6 is 11.8 Å². The Hall–Kier alpha value is -2.64. The van der Waals surface area contributed by atoms with E-state index in [0.29, 0.717) is 16.8 Å². The van der Waals surface area contributed by atoms with Crippen molar-refractivity contribution >= 4 is 28.3 Å². The molecule has 0 aliphatic carbocycles. The average molecular weight is 395 g/mol. The number of aliphatic hydroxyl groups is 1. The van der Waals surface area contributed by atoms with Crippen LogP contribution in [0.3, 0.4) is 0 Å². The van der Waals surface area contributed by atoms with Crippen LogP contribution in [0.15, 0.2) is 60.0 Å². The maximum atomic E-state index is 10.3. The Morgan fingerprint density at radius 2 is 2.00 bits per heavy atom. The lowest BCUT2D eigenvalue weighted by molar-refractivity contribution is 0.126. The fraction of sp³-hybridized carbons (Fsp3) is 0.286. The number of para-hydroxylation sites is 1. The quantitative estimate of drug-likeness (QED) is 0.479. The Balaban J connectivity index is 1.37. The van der Waals surface area contributed by atoms with Gasteiger partial charge in [0.2, 0.25) is 5.16 Å². The van der Waals surface area contributed by atoms with Gasteiger partial charge in [0.25, 0.3) is 0 Å². The van der Waals surface area contributed by atoms with Crippen LogP contribution in [0.4, 0.5) is 0 Å². The van der Waals surface area contributed by atoms with Gasteiger partial charge in [-0.15, -0.1) is 5.10 Å². The molecule has 4 aromatic rings. The van der Waals surface area contributed by atoms with Crippen molar-refractivity contribution in [2.75, 3.05) is 12.4 Å². The third kappa shape index (κ3) is 4.10. The SMILES string of the molecule is CC(C)c1cccc(OC[C@@H](O)CSc2nc3c4ccccc4ncn3n2)c1. The Morgan fingerprint density at radius 1 is 1.14 bits per heavy atom. The van der Waals surface area contributed by atoms with Gasteiger partial charge in [-0.1, -0.05) is 49.9 Å². The lowest BCUT2D eigenvalue weighted by Gasteiger charge is -2.13. The first-order chi connectivity index (χ1) is 13.6. The summed E-state index contributed by atoms with van der Waals surface area (Å²) in [4.78, 5) is 8.97. The van der Waals surface area contributed by atoms with Crippen LogP contribution < -0.4 is 4.74 Å². The molecule has 0 saturated heterocycles. The summed E-state index contributed by atoms with van der Waals surface area (Å²) >= 11 is 1.41. The number of rotatable bonds is 7. The number of aromatic nitrogens is 4. The molecule has 4 rings (SSSR count). The molecule has 2 aromatic carbocycles. The number of hydrogen-bond donors (Lipinski definition) is 1. The third-order valence-corrected chi connectivity index (χ3v) is 5.42. The molecule has 1 atom stereocenters. The molecule has 2 heterocycles. The molecule has 144 valence electrons. The van der Waals surface area contributed by atoms with Crippen LogP contribution in [0.2, 0.25) is 0 Å². The minimum atomic E-state index is -0.616. The minimum absolute atomic E-state index is 0.229. The number of thioether (sulfide) groups is 1. The summed E-state index contributed by atoms with van der Waals surface area (Å²) in [7, 11) is 0. The van der Waals surface area contributed by atoms with Gasteiger partial charge in [-0.2, -0.15) is 0 Å². The molecule has 0 aliphatic rings. The number of benzene rings is 2. The van der Waals surface area contributed by atoms with E-state index in [2.05, 4.69) is 35.0 Å². The monoisotopic (exact) mass is 394 g/mol. The summed E-state index contributed by atoms with van der Waals surface area (Å²) in [6.45, 7) is 4.52. The van der Waals surface area contributed by atoms with Crippen LogP contribution in [-0.2, 0) is 0 Å². The van der Waals surface area contributed by atoms with Crippen LogP contribution in [0.1, 0.15) is 25.3 Å². The number of nitrogens with zero attached hydrogens (tertiary/aromatic N) is 4. The number of aliphatic hydroxyl groups excluding tert-OH is 1. The van der Waals surface area contributed by atoms with E-state index in [1.807, 2.05) is 42.5 Å². The fourth-order valence-electron chi connectivity index (χ4n) is 2.90. The van der Waals surface area contributed by atoms with E-state index in [4.69, 9.17) is 4.74 Å². The molecule has 0 unspecified atom stereocenters. The molecule has 0 saturated carbocycles. The van der Waals surface area contributed by atoms with E-state index in [1.165, 1.54) is 17.3 Å². The second-order valence-corrected chi connectivity index (χ2v) is 7.91. The van der Waals surface area contributed by atoms with Gasteiger partial charge >= 0.3 is 0 Å². The smallest absolute Gasteiger partial charge is 0.209 e. The second kappa shape index (κ2) is 8.16. The molecular formula is C21H22N4O2S. The minimum Gasteiger partial charge on any atom is -0.491 e. The highest BCUT2D eigenvalue weighted by molar-refractivity contribution is 7.99. The molecule has 0 radical (unpaired) electrons. The van der Waals surface area contributed by atoms with E-state index in [9.17, 15) is 5.11 Å². The van der Waals surface area contributed by atoms with Crippen molar-refractivity contribution in [1.82, 2.24) is 19.6 Å². The van der Waals surface area contributed by atoms with Crippen molar-refractivity contribution in [3.05, 3.63) is 60.4 Å². The molecule has 0 spiro atoms. The van der Waals surface area contributed by atoms with Crippen LogP contribution in [0.5, 0.6) is 5.75 Å². The van der Waals surface area contributed by atoms with E-state index in [1.54, 1.807) is 10.8 Å². The summed E-state index contributed by atoms with van der Waals surface area (Å²) in [6.07, 6.45) is 1.05. The van der Waals surface area contributed by atoms with E-state index < -0.39 is 6.10 Å². The average Bonchev–Trinajstić information content (AvgIpc) is 3.14. The number of ether oxygens (including phenoxy) is 1. The van der Waals surface area contributed by atoms with Gasteiger partial charge < -0.3 is 9.84 Å². The maximum Gasteiger partial charge on any atom is 0.209 e. The third-order valence-electron chi connectivity index (χ3n) is 4.43. The summed E-state index contributed by atoms with van der Waals surface area (Å²) in [6, 6.07) is 15.8. The highest BCUT2D eigenvalue weighted by atomic mass is 32.2. The van der Waals surface area contributed by atoms with E-state index in [0.717, 1.165) is 22.3 Å². The van der Waals surface area contributed by atoms with Crippen LogP contribution in [-0.4, -0.2) is 43.2 Å². The van der Waals surface area contributed by atoms with Crippen LogP contribution in [0, 0.1) is 0 Å². The predicted molar refractivity (Wildman–Crippen MR) is 111 cm³/mol. The number of fused-ring (bicyclic) bond motifs is 3. The lowest BCUT2D eigenvalue weighted by atomic mass is 10.0. The van der Waals surface area contributed by atoms with Gasteiger partial charge in [0.15, 0.2) is 5.65 Å². The predicted octanol–water partition coefficient (Wildman–Crippen LogP) is 3.93. The molecular weight excluding hydrogens is 372 g/mol. The normalized spacial score (nSPS) is 12.7. The first kappa shape index (κ1) is 18.7. The summed E-state index contributed by atoms with van der Waals surface area (Å²) in [5.74, 6) is 1.67. The fourth-order valence-corrected chi connectivity index (χ4v) is 3.63. The molecule has 0 bridgehead atoms. The zero-order valence-electron chi connectivity index (χ0n) is 15.8. The maximum absolute atomic E-state index is 10.3. The zero-order chi connectivity index (χ0) is 19.5. The second-order valence-electron chi connectivity index (χ2n) is 6.93. The molecule has 6 nitrogen and oxygen atoms in total. The van der Waals surface area contributed by atoms with Gasteiger partial charge in [-0.3, -0.25) is 0 Å². The molecule has 7 heteroatoms. The van der Waals surface area contributed by atoms with Crippen molar-refractivity contribution in [3.8, 4) is 5.75 Å². The van der Waals surface area contributed by atoms with Crippen molar-refractivity contribution in [2.45, 2.75) is 31.0 Å². The Bertz CT molecular complexity index is 1100. The first-order valence-electron chi connectivity index (χ1n) is 9.24. The Kier molecular flexibility index (Phi) is 5.45. The molecule has 0 aliphatic heterocycles. The van der Waals surface area contributed by atoms with Crippen molar-refractivity contribution in [1.29, 1.82) is 0 Å². The topological polar surface area (TPSA) is 72.5 Å². The van der Waals surface area contributed by atoms with Gasteiger partial charge in [-0.05, 0) is 35.7 Å². The Labute approximate surface area is 167 Å². The Morgan fingerprint density at radius 3 is 2.86 bits per heavy atom. The van der Waals surface area contributed by atoms with E-state index >= 15 is 0 Å². The zero-order valence-corrected chi connectivity index (χ0v) is 16.6. The molecule has 28 heavy (non-hydrogen) atoms. The highest BCUT2D eigenvalue weighted by Gasteiger charge is 2.12. The van der Waals surface area contributed by atoms with Crippen LogP contribution in [0.25, 0.3) is 16.6 Å². The van der Waals surface area contributed by atoms with Gasteiger partial charge in [0.05, 0.1) is 11.6 Å². The van der Waals surface area contributed by atoms with Crippen molar-refractivity contribution in [2.24, 2.45) is 0 Å². The standard InChI is InChI=1S/C21H22N4O2S/c1-14(2)15-6-5-7-17(10-15)27-11-16(26)12-28-21-23-20-18-8-3-4-9-19(18)22-13-25(20)24-21/h3-10,13-14,16,26H,11-12H2,1-2H3/t16-/m1/s1. The summed E-state index contributed by atoms with van der Waals surface area (Å²) in [5.41, 5.74) is 2.87. The molecule has 2 aromatic heterocycles. The summed E-state index contributed by atoms with van der Waals surface area (Å²) < 4.78 is 7.42. The van der Waals surface area contributed by atoms with Gasteiger partial charge in [-0.25, -0.2) is 14.5 Å². The molecule has 0 fully saturated rings. The van der Waals surface area contributed by atoms with E-state index in [-0.39, 0.29) is 6.61 Å². The van der Waals surface area contributed by atoms with Gasteiger partial charge in [0, 0.05) is 11.1 Å². The molecule has 0 amide bonds. The van der Waals surface area contributed by atoms with Crippen molar-refractivity contribution < 1.29 is 9.84 Å².